The van der Waals surface area contributed by atoms with Crippen molar-refractivity contribution in [2.24, 2.45) is 0 Å². The van der Waals surface area contributed by atoms with Crippen LogP contribution in [-0.4, -0.2) is 29.3 Å². The number of hydrogen-bond acceptors (Lipinski definition) is 4. The molecule has 0 aliphatic heterocycles. The van der Waals surface area contributed by atoms with Gasteiger partial charge in [-0.2, -0.15) is 8.42 Å². The largest absolute Gasteiger partial charge is 0.369 e. The number of halogens is 1. The highest BCUT2D eigenvalue weighted by Crippen LogP contribution is 2.18. The number of aliphatic hydroxyl groups excluding tert-OH is 1. The van der Waals surface area contributed by atoms with Crippen LogP contribution in [0, 0.1) is 6.92 Å². The Hall–Kier alpha value is -0.950. The lowest BCUT2D eigenvalue weighted by Crippen LogP contribution is -2.29. The first-order valence-electron chi connectivity index (χ1n) is 4.18. The Bertz CT molecular complexity index is 523. The molecule has 0 saturated carbocycles. The fourth-order valence-corrected chi connectivity index (χ4v) is 1.60. The summed E-state index contributed by atoms with van der Waals surface area (Å²) in [6.07, 6.45) is 0. The number of aliphatic hydroxyl groups is 1. The Morgan fingerprint density at radius 1 is 1.44 bits per heavy atom. The molecule has 7 heteroatoms. The Morgan fingerprint density at radius 3 is 2.44 bits per heavy atom. The summed E-state index contributed by atoms with van der Waals surface area (Å²) in [5.41, 5.74) is -1.94. The molecule has 16 heavy (non-hydrogen) atoms. The zero-order valence-electron chi connectivity index (χ0n) is 8.21. The minimum Gasteiger partial charge on any atom is -0.369 e. The predicted octanol–water partition coefficient (Wildman–Crippen LogP) is 1.04. The van der Waals surface area contributed by atoms with E-state index >= 15 is 0 Å². The first-order chi connectivity index (χ1) is 7.23. The van der Waals surface area contributed by atoms with E-state index in [-0.39, 0.29) is 5.56 Å². The van der Waals surface area contributed by atoms with Gasteiger partial charge in [0.15, 0.2) is 0 Å². The molecule has 0 radical (unpaired) electrons. The number of carbonyl (C=O) groups is 1. The van der Waals surface area contributed by atoms with Crippen molar-refractivity contribution in [3.8, 4) is 0 Å². The van der Waals surface area contributed by atoms with Gasteiger partial charge in [-0.15, -0.1) is 0 Å². The van der Waals surface area contributed by atoms with Gasteiger partial charge in [-0.05, 0) is 30.7 Å². The van der Waals surface area contributed by atoms with Crippen molar-refractivity contribution >= 4 is 27.5 Å². The third-order valence-electron chi connectivity index (χ3n) is 1.95. The maximum atomic E-state index is 11.4. The van der Waals surface area contributed by atoms with E-state index < -0.39 is 21.3 Å². The lowest BCUT2D eigenvalue weighted by Gasteiger charge is -2.07. The van der Waals surface area contributed by atoms with E-state index in [1.807, 2.05) is 0 Å². The molecular weight excluding hydrogens is 256 g/mol. The van der Waals surface area contributed by atoms with Crippen LogP contribution in [0.3, 0.4) is 0 Å². The minimum absolute atomic E-state index is 0.0352. The summed E-state index contributed by atoms with van der Waals surface area (Å²) < 4.78 is 29.6. The summed E-state index contributed by atoms with van der Waals surface area (Å²) in [7, 11) is -4.80. The molecule has 1 atom stereocenters. The second kappa shape index (κ2) is 4.50. The Labute approximate surface area is 97.4 Å². The Kier molecular flexibility index (Phi) is 3.69. The molecule has 0 heterocycles. The number of hydrogen-bond donors (Lipinski definition) is 2. The number of aryl methyl sites for hydroxylation is 1. The Balaban J connectivity index is 3.11. The average molecular weight is 265 g/mol. The van der Waals surface area contributed by atoms with Crippen LogP contribution in [0.25, 0.3) is 0 Å². The molecule has 2 N–H and O–H groups in total. The van der Waals surface area contributed by atoms with Gasteiger partial charge in [-0.3, -0.25) is 9.35 Å². The SMILES string of the molecule is Cc1cc(C(=O)C(O)S(=O)(=O)O)ccc1Cl. The van der Waals surface area contributed by atoms with Gasteiger partial charge in [-0.25, -0.2) is 0 Å². The molecule has 1 aromatic carbocycles. The molecule has 0 aliphatic rings. The highest BCUT2D eigenvalue weighted by molar-refractivity contribution is 7.87. The summed E-state index contributed by atoms with van der Waals surface area (Å²) in [5, 5.41) is 9.46. The van der Waals surface area contributed by atoms with Gasteiger partial charge in [-0.1, -0.05) is 11.6 Å². The Morgan fingerprint density at radius 2 is 2.00 bits per heavy atom. The monoisotopic (exact) mass is 264 g/mol. The van der Waals surface area contributed by atoms with Crippen LogP contribution in [0.1, 0.15) is 15.9 Å². The quantitative estimate of drug-likeness (QED) is 0.629. The van der Waals surface area contributed by atoms with Crippen LogP contribution in [-0.2, 0) is 10.1 Å². The smallest absolute Gasteiger partial charge is 0.299 e. The molecule has 0 fully saturated rings. The van der Waals surface area contributed by atoms with Crippen LogP contribution in [0.4, 0.5) is 0 Å². The van der Waals surface area contributed by atoms with Crippen molar-refractivity contribution in [2.45, 2.75) is 12.4 Å². The van der Waals surface area contributed by atoms with Gasteiger partial charge < -0.3 is 5.11 Å². The molecule has 1 rings (SSSR count). The first-order valence-corrected chi connectivity index (χ1v) is 6.06. The molecule has 0 saturated heterocycles. The maximum absolute atomic E-state index is 11.4. The molecule has 0 amide bonds. The lowest BCUT2D eigenvalue weighted by molar-refractivity contribution is 0.0848. The standard InChI is InChI=1S/C9H9ClO5S/c1-5-4-6(2-3-7(5)10)8(11)9(12)16(13,14)15/h2-4,9,12H,1H3,(H,13,14,15). The molecule has 1 unspecified atom stereocenters. The van der Waals surface area contributed by atoms with E-state index in [1.165, 1.54) is 18.2 Å². The zero-order valence-corrected chi connectivity index (χ0v) is 9.79. The van der Waals surface area contributed by atoms with E-state index in [1.54, 1.807) is 6.92 Å². The number of Topliss-reactive ketones (excluding diaryl/α,β-unsaturated/α-hetero) is 1. The van der Waals surface area contributed by atoms with Crippen molar-refractivity contribution in [3.63, 3.8) is 0 Å². The molecule has 1 aromatic rings. The van der Waals surface area contributed by atoms with E-state index in [4.69, 9.17) is 21.3 Å². The van der Waals surface area contributed by atoms with Crippen molar-refractivity contribution in [2.75, 3.05) is 0 Å². The highest BCUT2D eigenvalue weighted by Gasteiger charge is 2.29. The average Bonchev–Trinajstić information content (AvgIpc) is 2.18. The van der Waals surface area contributed by atoms with Gasteiger partial charge in [0.05, 0.1) is 0 Å². The van der Waals surface area contributed by atoms with Gasteiger partial charge in [0, 0.05) is 10.6 Å². The third-order valence-corrected chi connectivity index (χ3v) is 3.15. The van der Waals surface area contributed by atoms with E-state index in [9.17, 15) is 13.2 Å². The van der Waals surface area contributed by atoms with E-state index in [2.05, 4.69) is 0 Å². The van der Waals surface area contributed by atoms with Crippen molar-refractivity contribution in [3.05, 3.63) is 34.3 Å². The van der Waals surface area contributed by atoms with Gasteiger partial charge in [0.1, 0.15) is 0 Å². The number of carbonyl (C=O) groups excluding carboxylic acids is 1. The third kappa shape index (κ3) is 2.79. The first kappa shape index (κ1) is 13.1. The summed E-state index contributed by atoms with van der Waals surface area (Å²) in [4.78, 5) is 11.4. The van der Waals surface area contributed by atoms with Gasteiger partial charge >= 0.3 is 0 Å². The lowest BCUT2D eigenvalue weighted by atomic mass is 10.1. The summed E-state index contributed by atoms with van der Waals surface area (Å²) in [6.45, 7) is 1.62. The van der Waals surface area contributed by atoms with Crippen molar-refractivity contribution < 1.29 is 22.9 Å². The summed E-state index contributed by atoms with van der Waals surface area (Å²) in [5.74, 6) is -1.10. The van der Waals surface area contributed by atoms with Crippen LogP contribution >= 0.6 is 11.6 Å². The second-order valence-electron chi connectivity index (χ2n) is 3.20. The summed E-state index contributed by atoms with van der Waals surface area (Å²) >= 11 is 5.71. The molecule has 0 aliphatic carbocycles. The minimum atomic E-state index is -4.80. The van der Waals surface area contributed by atoms with Gasteiger partial charge in [0.2, 0.25) is 11.2 Å². The predicted molar refractivity (Wildman–Crippen MR) is 58.1 cm³/mol. The molecule has 5 nitrogen and oxygen atoms in total. The summed E-state index contributed by atoms with van der Waals surface area (Å²) in [6, 6.07) is 4.01. The zero-order chi connectivity index (χ0) is 12.5. The molecule has 0 spiro atoms. The maximum Gasteiger partial charge on any atom is 0.299 e. The molecule has 0 bridgehead atoms. The normalized spacial score (nSPS) is 13.5. The number of rotatable bonds is 3. The van der Waals surface area contributed by atoms with Crippen LogP contribution in [0.15, 0.2) is 18.2 Å². The topological polar surface area (TPSA) is 91.7 Å². The van der Waals surface area contributed by atoms with Crippen LogP contribution < -0.4 is 0 Å². The van der Waals surface area contributed by atoms with Crippen LogP contribution in [0.5, 0.6) is 0 Å². The van der Waals surface area contributed by atoms with Crippen molar-refractivity contribution in [1.29, 1.82) is 0 Å². The number of ketones is 1. The van der Waals surface area contributed by atoms with Crippen LogP contribution in [0.2, 0.25) is 5.02 Å². The molecule has 88 valence electrons. The molecule has 0 aromatic heterocycles. The highest BCUT2D eigenvalue weighted by atomic mass is 35.5. The fraction of sp³-hybridized carbons (Fsp3) is 0.222. The second-order valence-corrected chi connectivity index (χ2v) is 5.08. The van der Waals surface area contributed by atoms with E-state index in [0.29, 0.717) is 10.6 Å². The molecular formula is C9H9ClO5S. The van der Waals surface area contributed by atoms with E-state index in [0.717, 1.165) is 0 Å². The fourth-order valence-electron chi connectivity index (χ4n) is 1.08. The number of benzene rings is 1. The van der Waals surface area contributed by atoms with Crippen molar-refractivity contribution in [1.82, 2.24) is 0 Å². The van der Waals surface area contributed by atoms with Gasteiger partial charge in [0.25, 0.3) is 10.1 Å².